The summed E-state index contributed by atoms with van der Waals surface area (Å²) in [6.07, 6.45) is -3.74. The number of nitrogens with zero attached hydrogens (tertiary/aromatic N) is 5. The van der Waals surface area contributed by atoms with Crippen LogP contribution >= 0.6 is 0 Å². The number of carbonyl (C=O) groups is 1. The topological polar surface area (TPSA) is 86.9 Å². The Balaban J connectivity index is 1.51. The Morgan fingerprint density at radius 3 is 2.61 bits per heavy atom. The molecule has 4 aromatic rings. The molecule has 0 amide bonds. The summed E-state index contributed by atoms with van der Waals surface area (Å²) in [5, 5.41) is 14.5. The minimum Gasteiger partial charge on any atom is -0.363 e. The molecule has 0 spiro atoms. The van der Waals surface area contributed by atoms with Gasteiger partial charge in [-0.1, -0.05) is 47.3 Å². The van der Waals surface area contributed by atoms with Crippen molar-refractivity contribution in [1.29, 1.82) is 0 Å². The lowest BCUT2D eigenvalue weighted by atomic mass is 9.96. The maximum atomic E-state index is 13.8. The van der Waals surface area contributed by atoms with Gasteiger partial charge in [0.2, 0.25) is 0 Å². The molecule has 11 heteroatoms. The SMILES string of the molecule is O=C(On1nnc2ccccc21)c1cnn2c1NC(c1ccccc1)CC2C(F)(F)F. The van der Waals surface area contributed by atoms with Crippen molar-refractivity contribution in [2.45, 2.75) is 24.7 Å². The first kappa shape index (κ1) is 19.1. The van der Waals surface area contributed by atoms with Crippen LogP contribution in [0, 0.1) is 0 Å². The van der Waals surface area contributed by atoms with Crippen molar-refractivity contribution in [3.05, 3.63) is 71.9 Å². The molecule has 0 fully saturated rings. The number of nitrogens with one attached hydrogen (secondary N) is 1. The summed E-state index contributed by atoms with van der Waals surface area (Å²) < 4.78 is 42.1. The second-order valence-electron chi connectivity index (χ2n) is 7.08. The van der Waals surface area contributed by atoms with Crippen molar-refractivity contribution >= 4 is 22.8 Å². The monoisotopic (exact) mass is 428 g/mol. The first-order valence-electron chi connectivity index (χ1n) is 9.40. The third kappa shape index (κ3) is 3.37. The number of hydrogen-bond donors (Lipinski definition) is 1. The van der Waals surface area contributed by atoms with E-state index in [1.165, 1.54) is 0 Å². The number of halogens is 3. The zero-order valence-corrected chi connectivity index (χ0v) is 15.8. The highest BCUT2D eigenvalue weighted by Crippen LogP contribution is 2.44. The summed E-state index contributed by atoms with van der Waals surface area (Å²) in [4.78, 5) is 19.0. The van der Waals surface area contributed by atoms with Gasteiger partial charge < -0.3 is 10.2 Å². The van der Waals surface area contributed by atoms with Crippen LogP contribution in [0.2, 0.25) is 0 Å². The van der Waals surface area contributed by atoms with E-state index in [9.17, 15) is 18.0 Å². The summed E-state index contributed by atoms with van der Waals surface area (Å²) in [7, 11) is 0. The summed E-state index contributed by atoms with van der Waals surface area (Å²) in [6, 6.07) is 13.0. The first-order chi connectivity index (χ1) is 14.9. The maximum Gasteiger partial charge on any atom is 0.410 e. The Morgan fingerprint density at radius 1 is 1.10 bits per heavy atom. The average Bonchev–Trinajstić information content (AvgIpc) is 3.37. The number of benzene rings is 2. The van der Waals surface area contributed by atoms with Crippen molar-refractivity contribution in [1.82, 2.24) is 24.9 Å². The van der Waals surface area contributed by atoms with Crippen LogP contribution < -0.4 is 10.2 Å². The van der Waals surface area contributed by atoms with E-state index < -0.39 is 24.2 Å². The Kier molecular flexibility index (Phi) is 4.38. The van der Waals surface area contributed by atoms with Gasteiger partial charge in [0, 0.05) is 6.42 Å². The Bertz CT molecular complexity index is 1250. The lowest BCUT2D eigenvalue weighted by Gasteiger charge is -2.33. The highest BCUT2D eigenvalue weighted by Gasteiger charge is 2.47. The van der Waals surface area contributed by atoms with Gasteiger partial charge in [-0.25, -0.2) is 9.48 Å². The van der Waals surface area contributed by atoms with Crippen molar-refractivity contribution in [3.63, 3.8) is 0 Å². The first-order valence-corrected chi connectivity index (χ1v) is 9.40. The Labute approximate surface area is 173 Å². The van der Waals surface area contributed by atoms with Crippen LogP contribution in [0.15, 0.2) is 60.8 Å². The summed E-state index contributed by atoms with van der Waals surface area (Å²) >= 11 is 0. The lowest BCUT2D eigenvalue weighted by molar-refractivity contribution is -0.173. The van der Waals surface area contributed by atoms with E-state index in [1.807, 2.05) is 0 Å². The van der Waals surface area contributed by atoms with Gasteiger partial charge in [-0.05, 0) is 22.9 Å². The molecule has 0 aliphatic carbocycles. The second-order valence-corrected chi connectivity index (χ2v) is 7.08. The molecule has 1 aliphatic heterocycles. The Hall–Kier alpha value is -3.89. The van der Waals surface area contributed by atoms with Gasteiger partial charge >= 0.3 is 12.1 Å². The van der Waals surface area contributed by atoms with Gasteiger partial charge in [0.1, 0.15) is 22.4 Å². The van der Waals surface area contributed by atoms with E-state index >= 15 is 0 Å². The molecule has 2 aromatic carbocycles. The largest absolute Gasteiger partial charge is 0.410 e. The quantitative estimate of drug-likeness (QED) is 0.502. The van der Waals surface area contributed by atoms with E-state index in [2.05, 4.69) is 20.7 Å². The van der Waals surface area contributed by atoms with Gasteiger partial charge in [-0.3, -0.25) is 0 Å². The molecule has 3 heterocycles. The maximum absolute atomic E-state index is 13.8. The number of aromatic nitrogens is 5. The number of hydrogen-bond acceptors (Lipinski definition) is 6. The molecule has 31 heavy (non-hydrogen) atoms. The summed E-state index contributed by atoms with van der Waals surface area (Å²) in [6.45, 7) is 0. The molecule has 158 valence electrons. The highest BCUT2D eigenvalue weighted by molar-refractivity contribution is 5.95. The van der Waals surface area contributed by atoms with E-state index in [1.54, 1.807) is 54.6 Å². The fourth-order valence-corrected chi connectivity index (χ4v) is 3.66. The highest BCUT2D eigenvalue weighted by atomic mass is 19.4. The molecule has 0 saturated heterocycles. The van der Waals surface area contributed by atoms with Crippen molar-refractivity contribution in [2.75, 3.05) is 5.32 Å². The van der Waals surface area contributed by atoms with Crippen molar-refractivity contribution < 1.29 is 22.8 Å². The molecule has 1 aliphatic rings. The minimum atomic E-state index is -4.54. The summed E-state index contributed by atoms with van der Waals surface area (Å²) in [5.41, 5.74) is 1.49. The standard InChI is InChI=1S/C20H15F3N6O2/c21-20(22,23)17-10-15(12-6-2-1-3-7-12)25-18-13(11-24-28(17)18)19(30)31-29-16-9-5-4-8-14(16)26-27-29/h1-9,11,15,17,25H,10H2. The van der Waals surface area contributed by atoms with Gasteiger partial charge in [0.25, 0.3) is 0 Å². The fourth-order valence-electron chi connectivity index (χ4n) is 3.66. The zero-order chi connectivity index (χ0) is 21.6. The molecular weight excluding hydrogens is 413 g/mol. The predicted octanol–water partition coefficient (Wildman–Crippen LogP) is 3.56. The van der Waals surface area contributed by atoms with Crippen LogP contribution in [0.5, 0.6) is 0 Å². The van der Waals surface area contributed by atoms with Crippen LogP contribution in [0.3, 0.4) is 0 Å². The van der Waals surface area contributed by atoms with Crippen LogP contribution in [-0.4, -0.2) is 37.1 Å². The zero-order valence-electron chi connectivity index (χ0n) is 15.8. The summed E-state index contributed by atoms with van der Waals surface area (Å²) in [5.74, 6) is -0.962. The number of alkyl halides is 3. The number of para-hydroxylation sites is 1. The number of fused-ring (bicyclic) bond motifs is 2. The van der Waals surface area contributed by atoms with Crippen molar-refractivity contribution in [3.8, 4) is 0 Å². The molecule has 8 nitrogen and oxygen atoms in total. The minimum absolute atomic E-state index is 0.0585. The van der Waals surface area contributed by atoms with Gasteiger partial charge in [-0.15, -0.1) is 5.10 Å². The van der Waals surface area contributed by atoms with Crippen LogP contribution in [0.1, 0.15) is 34.4 Å². The molecule has 2 atom stereocenters. The van der Waals surface area contributed by atoms with Crippen LogP contribution in [0.25, 0.3) is 11.0 Å². The molecule has 0 radical (unpaired) electrons. The van der Waals surface area contributed by atoms with E-state index in [0.29, 0.717) is 16.6 Å². The van der Waals surface area contributed by atoms with Gasteiger partial charge in [0.05, 0.1) is 12.2 Å². The number of carbonyl (C=O) groups excluding carboxylic acids is 1. The lowest BCUT2D eigenvalue weighted by Crippen LogP contribution is -2.36. The van der Waals surface area contributed by atoms with Gasteiger partial charge in [-0.2, -0.15) is 18.3 Å². The molecule has 5 rings (SSSR count). The van der Waals surface area contributed by atoms with E-state index in [0.717, 1.165) is 15.7 Å². The molecule has 0 bridgehead atoms. The Morgan fingerprint density at radius 2 is 1.84 bits per heavy atom. The van der Waals surface area contributed by atoms with Gasteiger partial charge in [0.15, 0.2) is 6.04 Å². The normalized spacial score (nSPS) is 18.4. The smallest absolute Gasteiger partial charge is 0.363 e. The molecule has 2 aromatic heterocycles. The average molecular weight is 428 g/mol. The van der Waals surface area contributed by atoms with Crippen molar-refractivity contribution in [2.24, 2.45) is 0 Å². The predicted molar refractivity (Wildman–Crippen MR) is 103 cm³/mol. The number of rotatable bonds is 3. The molecule has 2 unspecified atom stereocenters. The van der Waals surface area contributed by atoms with E-state index in [-0.39, 0.29) is 17.8 Å². The molecule has 0 saturated carbocycles. The third-order valence-electron chi connectivity index (χ3n) is 5.15. The second kappa shape index (κ2) is 7.11. The number of anilines is 1. The third-order valence-corrected chi connectivity index (χ3v) is 5.15. The molecule has 1 N–H and O–H groups in total. The van der Waals surface area contributed by atoms with Crippen LogP contribution in [-0.2, 0) is 0 Å². The van der Waals surface area contributed by atoms with E-state index in [4.69, 9.17) is 4.84 Å². The van der Waals surface area contributed by atoms with Crippen LogP contribution in [0.4, 0.5) is 19.0 Å². The fraction of sp³-hybridized carbons (Fsp3) is 0.200. The molecular formula is C20H15F3N6O2.